The van der Waals surface area contributed by atoms with Gasteiger partial charge in [-0.1, -0.05) is 24.3 Å². The number of nitrogens with zero attached hydrogens (tertiary/aromatic N) is 4. The Morgan fingerprint density at radius 2 is 1.97 bits per heavy atom. The summed E-state index contributed by atoms with van der Waals surface area (Å²) in [6, 6.07) is 8.03. The Kier molecular flexibility index (Phi) is 6.13. The first-order chi connectivity index (χ1) is 14.1. The van der Waals surface area contributed by atoms with E-state index in [0.717, 1.165) is 22.4 Å². The van der Waals surface area contributed by atoms with Crippen molar-refractivity contribution in [1.29, 1.82) is 0 Å². The number of nitrogens with one attached hydrogen (secondary N) is 1. The van der Waals surface area contributed by atoms with E-state index in [1.807, 2.05) is 23.1 Å². The molecule has 0 spiro atoms. The van der Waals surface area contributed by atoms with E-state index in [-0.39, 0.29) is 17.9 Å². The van der Waals surface area contributed by atoms with E-state index in [1.165, 1.54) is 0 Å². The predicted octanol–water partition coefficient (Wildman–Crippen LogP) is 2.04. The number of carbonyl (C=O) groups excluding carboxylic acids is 1. The van der Waals surface area contributed by atoms with Crippen molar-refractivity contribution in [2.45, 2.75) is 26.1 Å². The fourth-order valence-electron chi connectivity index (χ4n) is 3.67. The van der Waals surface area contributed by atoms with Crippen molar-refractivity contribution in [1.82, 2.24) is 19.8 Å². The van der Waals surface area contributed by atoms with Gasteiger partial charge in [-0.25, -0.2) is 14.8 Å². The molecule has 8 nitrogen and oxygen atoms in total. The van der Waals surface area contributed by atoms with Crippen LogP contribution in [0.1, 0.15) is 22.4 Å². The Balaban J connectivity index is 1.47. The molecule has 0 bridgehead atoms. The summed E-state index contributed by atoms with van der Waals surface area (Å²) in [6.45, 7) is 3.92. The van der Waals surface area contributed by atoms with Crippen molar-refractivity contribution in [3.05, 3.63) is 51.9 Å². The second kappa shape index (κ2) is 8.94. The lowest BCUT2D eigenvalue weighted by molar-refractivity contribution is 0.0429. The van der Waals surface area contributed by atoms with E-state index in [1.54, 1.807) is 4.90 Å². The maximum atomic E-state index is 12.8. The van der Waals surface area contributed by atoms with Crippen LogP contribution in [0.2, 0.25) is 5.28 Å². The zero-order valence-corrected chi connectivity index (χ0v) is 16.9. The molecule has 9 heteroatoms. The molecule has 1 saturated heterocycles. The number of amides is 2. The van der Waals surface area contributed by atoms with E-state index in [4.69, 9.17) is 21.4 Å². The Morgan fingerprint density at radius 3 is 2.76 bits per heavy atom. The van der Waals surface area contributed by atoms with E-state index >= 15 is 0 Å². The minimum Gasteiger partial charge on any atom is -0.396 e. The molecule has 2 aliphatic rings. The molecule has 154 valence electrons. The van der Waals surface area contributed by atoms with Gasteiger partial charge in [-0.15, -0.1) is 0 Å². The third-order valence-corrected chi connectivity index (χ3v) is 5.33. The van der Waals surface area contributed by atoms with Gasteiger partial charge in [0.2, 0.25) is 5.28 Å². The predicted molar refractivity (Wildman–Crippen MR) is 109 cm³/mol. The van der Waals surface area contributed by atoms with Crippen molar-refractivity contribution in [3.63, 3.8) is 0 Å². The highest BCUT2D eigenvalue weighted by Gasteiger charge is 2.31. The van der Waals surface area contributed by atoms with Gasteiger partial charge in [0.15, 0.2) is 0 Å². The summed E-state index contributed by atoms with van der Waals surface area (Å²) in [5, 5.41) is 12.6. The minimum absolute atomic E-state index is 0.00919. The Labute approximate surface area is 174 Å². The maximum Gasteiger partial charge on any atom is 0.320 e. The van der Waals surface area contributed by atoms with Crippen LogP contribution in [0.4, 0.5) is 10.6 Å². The summed E-state index contributed by atoms with van der Waals surface area (Å²) in [5.41, 5.74) is 3.85. The van der Waals surface area contributed by atoms with E-state index < -0.39 is 0 Å². The summed E-state index contributed by atoms with van der Waals surface area (Å²) >= 11 is 6.13. The Morgan fingerprint density at radius 1 is 1.17 bits per heavy atom. The van der Waals surface area contributed by atoms with Crippen LogP contribution in [0, 0.1) is 0 Å². The molecule has 0 aliphatic carbocycles. The van der Waals surface area contributed by atoms with Crippen LogP contribution in [-0.2, 0) is 30.8 Å². The first-order valence-electron chi connectivity index (χ1n) is 9.73. The topological polar surface area (TPSA) is 90.8 Å². The molecule has 29 heavy (non-hydrogen) atoms. The second-order valence-electron chi connectivity index (χ2n) is 7.15. The summed E-state index contributed by atoms with van der Waals surface area (Å²) < 4.78 is 5.33. The van der Waals surface area contributed by atoms with Crippen molar-refractivity contribution in [2.75, 3.05) is 38.2 Å². The van der Waals surface area contributed by atoms with Crippen LogP contribution >= 0.6 is 11.6 Å². The van der Waals surface area contributed by atoms with Crippen LogP contribution in [0.25, 0.3) is 0 Å². The standard InChI is InChI=1S/C20H24ClN5O3/c21-19-23-17-13-26(20(28)25-5-8-29-9-6-25)12-16(17)18(24-19)22-11-15-3-1-2-14(10-15)4-7-27/h1-3,10,27H,4-9,11-13H2,(H,22,23,24). The number of hydrogen-bond acceptors (Lipinski definition) is 6. The molecule has 2 aliphatic heterocycles. The van der Waals surface area contributed by atoms with Gasteiger partial charge in [0.25, 0.3) is 0 Å². The lowest BCUT2D eigenvalue weighted by atomic mass is 10.1. The lowest BCUT2D eigenvalue weighted by Crippen LogP contribution is -2.46. The highest BCUT2D eigenvalue weighted by Crippen LogP contribution is 2.29. The average molecular weight is 418 g/mol. The van der Waals surface area contributed by atoms with Gasteiger partial charge < -0.3 is 25.0 Å². The molecule has 4 rings (SSSR count). The molecule has 0 unspecified atom stereocenters. The largest absolute Gasteiger partial charge is 0.396 e. The zero-order chi connectivity index (χ0) is 20.2. The Bertz CT molecular complexity index is 888. The summed E-state index contributed by atoms with van der Waals surface area (Å²) in [4.78, 5) is 25.1. The molecular formula is C20H24ClN5O3. The van der Waals surface area contributed by atoms with Gasteiger partial charge in [0.05, 0.1) is 32.0 Å². The fourth-order valence-corrected chi connectivity index (χ4v) is 3.86. The fraction of sp³-hybridized carbons (Fsp3) is 0.450. The number of fused-ring (bicyclic) bond motifs is 1. The molecule has 0 radical (unpaired) electrons. The smallest absolute Gasteiger partial charge is 0.320 e. The molecule has 3 heterocycles. The first-order valence-corrected chi connectivity index (χ1v) is 10.1. The number of aliphatic hydroxyl groups excluding tert-OH is 1. The number of rotatable bonds is 5. The number of anilines is 1. The highest BCUT2D eigenvalue weighted by molar-refractivity contribution is 6.28. The van der Waals surface area contributed by atoms with Crippen molar-refractivity contribution in [3.8, 4) is 0 Å². The molecule has 0 atom stereocenters. The number of aliphatic hydroxyl groups is 1. The molecule has 1 fully saturated rings. The number of halogens is 1. The minimum atomic E-state index is -0.00919. The second-order valence-corrected chi connectivity index (χ2v) is 7.49. The molecule has 2 aromatic rings. The number of hydrogen-bond donors (Lipinski definition) is 2. The van der Waals surface area contributed by atoms with Gasteiger partial charge in [-0.3, -0.25) is 0 Å². The number of carbonyl (C=O) groups is 1. The van der Waals surface area contributed by atoms with Crippen LogP contribution in [-0.4, -0.2) is 63.8 Å². The van der Waals surface area contributed by atoms with Gasteiger partial charge >= 0.3 is 6.03 Å². The number of benzene rings is 1. The van der Waals surface area contributed by atoms with Gasteiger partial charge in [0, 0.05) is 31.8 Å². The average Bonchev–Trinajstić information content (AvgIpc) is 3.16. The summed E-state index contributed by atoms with van der Waals surface area (Å²) in [6.07, 6.45) is 0.626. The molecule has 1 aromatic carbocycles. The molecule has 1 aromatic heterocycles. The normalized spacial score (nSPS) is 16.1. The van der Waals surface area contributed by atoms with Gasteiger partial charge in [-0.05, 0) is 29.1 Å². The van der Waals surface area contributed by atoms with Crippen molar-refractivity contribution in [2.24, 2.45) is 0 Å². The maximum absolute atomic E-state index is 12.8. The third-order valence-electron chi connectivity index (χ3n) is 5.16. The van der Waals surface area contributed by atoms with E-state index in [0.29, 0.717) is 58.2 Å². The van der Waals surface area contributed by atoms with E-state index in [9.17, 15) is 4.79 Å². The van der Waals surface area contributed by atoms with Crippen LogP contribution < -0.4 is 5.32 Å². The van der Waals surface area contributed by atoms with Gasteiger partial charge in [0.1, 0.15) is 5.82 Å². The SMILES string of the molecule is O=C(N1CCOCC1)N1Cc2nc(Cl)nc(NCc3cccc(CCO)c3)c2C1. The summed E-state index contributed by atoms with van der Waals surface area (Å²) in [7, 11) is 0. The molecular weight excluding hydrogens is 394 g/mol. The Hall–Kier alpha value is -2.42. The number of urea groups is 1. The quantitative estimate of drug-likeness (QED) is 0.723. The van der Waals surface area contributed by atoms with Crippen LogP contribution in [0.5, 0.6) is 0 Å². The molecule has 2 N–H and O–H groups in total. The summed E-state index contributed by atoms with van der Waals surface area (Å²) in [5.74, 6) is 0.657. The highest BCUT2D eigenvalue weighted by atomic mass is 35.5. The molecule has 0 saturated carbocycles. The first kappa shape index (κ1) is 19.9. The van der Waals surface area contributed by atoms with Gasteiger partial charge in [-0.2, -0.15) is 0 Å². The number of ether oxygens (including phenoxy) is 1. The third kappa shape index (κ3) is 4.60. The number of aromatic nitrogens is 2. The number of morpholine rings is 1. The monoisotopic (exact) mass is 417 g/mol. The van der Waals surface area contributed by atoms with Crippen molar-refractivity contribution < 1.29 is 14.6 Å². The van der Waals surface area contributed by atoms with Crippen LogP contribution in [0.15, 0.2) is 24.3 Å². The van der Waals surface area contributed by atoms with Crippen LogP contribution in [0.3, 0.4) is 0 Å². The zero-order valence-electron chi connectivity index (χ0n) is 16.1. The van der Waals surface area contributed by atoms with Crippen molar-refractivity contribution >= 4 is 23.4 Å². The molecule has 2 amide bonds. The lowest BCUT2D eigenvalue weighted by Gasteiger charge is -2.30. The van der Waals surface area contributed by atoms with E-state index in [2.05, 4.69) is 21.4 Å².